The van der Waals surface area contributed by atoms with Crippen LogP contribution in [-0.4, -0.2) is 50.6 Å². The first-order valence-corrected chi connectivity index (χ1v) is 7.06. The molecule has 1 fully saturated rings. The number of rotatable bonds is 7. The van der Waals surface area contributed by atoms with Gasteiger partial charge in [-0.15, -0.1) is 0 Å². The van der Waals surface area contributed by atoms with Gasteiger partial charge in [-0.25, -0.2) is 0 Å². The van der Waals surface area contributed by atoms with Crippen LogP contribution in [0.3, 0.4) is 0 Å². The lowest BCUT2D eigenvalue weighted by Gasteiger charge is -2.32. The van der Waals surface area contributed by atoms with Crippen molar-refractivity contribution < 1.29 is 4.79 Å². The number of carbonyl (C=O) groups is 1. The van der Waals surface area contributed by atoms with E-state index in [-0.39, 0.29) is 11.8 Å². The van der Waals surface area contributed by atoms with E-state index in [0.717, 1.165) is 26.1 Å². The molecule has 1 amide bonds. The van der Waals surface area contributed by atoms with Gasteiger partial charge in [-0.3, -0.25) is 4.79 Å². The van der Waals surface area contributed by atoms with Crippen molar-refractivity contribution >= 4 is 5.91 Å². The van der Waals surface area contributed by atoms with Gasteiger partial charge < -0.3 is 15.5 Å². The molecule has 0 spiro atoms. The molecule has 0 aromatic rings. The monoisotopic (exact) mass is 255 g/mol. The number of hydrogen-bond donors (Lipinski definition) is 2. The fraction of sp³-hybridized carbons (Fsp3) is 0.929. The highest BCUT2D eigenvalue weighted by Crippen LogP contribution is 2.16. The van der Waals surface area contributed by atoms with Crippen LogP contribution in [0, 0.1) is 17.8 Å². The fourth-order valence-electron chi connectivity index (χ4n) is 2.28. The Labute approximate surface area is 111 Å². The predicted molar refractivity (Wildman–Crippen MR) is 75.5 cm³/mol. The molecule has 106 valence electrons. The number of likely N-dealkylation sites (N-methyl/N-ethyl adjacent to an activating group) is 1. The highest BCUT2D eigenvalue weighted by atomic mass is 16.1. The highest BCUT2D eigenvalue weighted by molar-refractivity contribution is 5.78. The predicted octanol–water partition coefficient (Wildman–Crippen LogP) is 0.934. The Kier molecular flexibility index (Phi) is 6.09. The van der Waals surface area contributed by atoms with Crippen molar-refractivity contribution in [2.45, 2.75) is 33.2 Å². The Hall–Kier alpha value is -0.610. The van der Waals surface area contributed by atoms with Gasteiger partial charge >= 0.3 is 0 Å². The van der Waals surface area contributed by atoms with Gasteiger partial charge in [0.2, 0.25) is 5.91 Å². The summed E-state index contributed by atoms with van der Waals surface area (Å²) in [6.45, 7) is 9.21. The van der Waals surface area contributed by atoms with E-state index in [1.54, 1.807) is 0 Å². The molecule has 0 aromatic carbocycles. The average molecular weight is 255 g/mol. The van der Waals surface area contributed by atoms with Crippen LogP contribution >= 0.6 is 0 Å². The summed E-state index contributed by atoms with van der Waals surface area (Å²) in [6, 6.07) is 0.431. The first-order valence-electron chi connectivity index (χ1n) is 7.06. The first kappa shape index (κ1) is 15.4. The Morgan fingerprint density at radius 2 is 1.94 bits per heavy atom. The average Bonchev–Trinajstić information content (AvgIpc) is 2.20. The Morgan fingerprint density at radius 1 is 1.33 bits per heavy atom. The number of carbonyl (C=O) groups excluding carboxylic acids is 1. The lowest BCUT2D eigenvalue weighted by Crippen LogP contribution is -2.51. The lowest BCUT2D eigenvalue weighted by molar-refractivity contribution is -0.126. The molecule has 1 aliphatic heterocycles. The van der Waals surface area contributed by atoms with Gasteiger partial charge in [0, 0.05) is 18.5 Å². The maximum atomic E-state index is 12.0. The molecule has 2 N–H and O–H groups in total. The third kappa shape index (κ3) is 4.58. The molecule has 1 saturated heterocycles. The molecule has 4 nitrogen and oxygen atoms in total. The van der Waals surface area contributed by atoms with Gasteiger partial charge in [-0.1, -0.05) is 20.8 Å². The van der Waals surface area contributed by atoms with Crippen LogP contribution < -0.4 is 10.6 Å². The summed E-state index contributed by atoms with van der Waals surface area (Å²) < 4.78 is 0. The van der Waals surface area contributed by atoms with Crippen LogP contribution in [-0.2, 0) is 4.79 Å². The molecule has 1 aliphatic rings. The number of hydrogen-bond acceptors (Lipinski definition) is 3. The SMILES string of the molecule is CC(C)CC(CNC(=O)C(C)C1CNC1)N(C)C. The standard InChI is InChI=1S/C14H29N3O/c1-10(2)6-13(17(4)5)9-16-14(18)11(3)12-7-15-8-12/h10-13,15H,6-9H2,1-5H3,(H,16,18). The summed E-state index contributed by atoms with van der Waals surface area (Å²) >= 11 is 0. The molecular weight excluding hydrogens is 226 g/mol. The maximum Gasteiger partial charge on any atom is 0.223 e. The molecule has 2 unspecified atom stereocenters. The van der Waals surface area contributed by atoms with E-state index in [1.165, 1.54) is 0 Å². The number of amides is 1. The van der Waals surface area contributed by atoms with E-state index in [0.29, 0.717) is 17.9 Å². The largest absolute Gasteiger partial charge is 0.354 e. The van der Waals surface area contributed by atoms with Gasteiger partial charge in [0.25, 0.3) is 0 Å². The zero-order valence-corrected chi connectivity index (χ0v) is 12.5. The van der Waals surface area contributed by atoms with Gasteiger partial charge in [0.15, 0.2) is 0 Å². The van der Waals surface area contributed by atoms with Gasteiger partial charge in [0.1, 0.15) is 0 Å². The number of nitrogens with one attached hydrogen (secondary N) is 2. The fourth-order valence-corrected chi connectivity index (χ4v) is 2.28. The molecule has 0 aromatic heterocycles. The molecule has 0 aliphatic carbocycles. The smallest absolute Gasteiger partial charge is 0.223 e. The minimum atomic E-state index is 0.133. The Morgan fingerprint density at radius 3 is 2.33 bits per heavy atom. The van der Waals surface area contributed by atoms with Crippen LogP contribution in [0.2, 0.25) is 0 Å². The zero-order chi connectivity index (χ0) is 13.7. The molecule has 1 heterocycles. The van der Waals surface area contributed by atoms with Crippen molar-refractivity contribution in [3.05, 3.63) is 0 Å². The van der Waals surface area contributed by atoms with Crippen LogP contribution in [0.15, 0.2) is 0 Å². The van der Waals surface area contributed by atoms with Crippen molar-refractivity contribution in [3.63, 3.8) is 0 Å². The Balaban J connectivity index is 2.33. The second kappa shape index (κ2) is 7.10. The molecule has 18 heavy (non-hydrogen) atoms. The quantitative estimate of drug-likeness (QED) is 0.711. The van der Waals surface area contributed by atoms with Gasteiger partial charge in [0.05, 0.1) is 0 Å². The summed E-state index contributed by atoms with van der Waals surface area (Å²) in [7, 11) is 4.16. The summed E-state index contributed by atoms with van der Waals surface area (Å²) in [4.78, 5) is 14.2. The second-order valence-electron chi connectivity index (χ2n) is 6.20. The van der Waals surface area contributed by atoms with E-state index < -0.39 is 0 Å². The van der Waals surface area contributed by atoms with Crippen LogP contribution in [0.5, 0.6) is 0 Å². The van der Waals surface area contributed by atoms with E-state index >= 15 is 0 Å². The summed E-state index contributed by atoms with van der Waals surface area (Å²) in [5, 5.41) is 6.33. The highest BCUT2D eigenvalue weighted by Gasteiger charge is 2.28. The molecule has 1 rings (SSSR count). The van der Waals surface area contributed by atoms with Crippen LogP contribution in [0.1, 0.15) is 27.2 Å². The molecule has 4 heteroatoms. The molecule has 0 saturated carbocycles. The summed E-state index contributed by atoms with van der Waals surface area (Å²) in [5.41, 5.74) is 0. The minimum Gasteiger partial charge on any atom is -0.354 e. The van der Waals surface area contributed by atoms with Crippen molar-refractivity contribution in [2.24, 2.45) is 17.8 Å². The van der Waals surface area contributed by atoms with Crippen molar-refractivity contribution in [1.29, 1.82) is 0 Å². The van der Waals surface area contributed by atoms with E-state index in [9.17, 15) is 4.79 Å². The third-order valence-corrected chi connectivity index (χ3v) is 3.92. The van der Waals surface area contributed by atoms with Crippen molar-refractivity contribution in [1.82, 2.24) is 15.5 Å². The van der Waals surface area contributed by atoms with Gasteiger partial charge in [-0.2, -0.15) is 0 Å². The molecule has 0 radical (unpaired) electrons. The van der Waals surface area contributed by atoms with Crippen LogP contribution in [0.25, 0.3) is 0 Å². The summed E-state index contributed by atoms with van der Waals surface area (Å²) in [5.74, 6) is 1.51. The lowest BCUT2D eigenvalue weighted by atomic mass is 9.88. The zero-order valence-electron chi connectivity index (χ0n) is 12.5. The Bertz CT molecular complexity index is 262. The maximum absolute atomic E-state index is 12.0. The minimum absolute atomic E-state index is 0.133. The molecule has 0 bridgehead atoms. The number of nitrogens with zero attached hydrogens (tertiary/aromatic N) is 1. The van der Waals surface area contributed by atoms with Crippen LogP contribution in [0.4, 0.5) is 0 Å². The van der Waals surface area contributed by atoms with Gasteiger partial charge in [-0.05, 0) is 45.4 Å². The third-order valence-electron chi connectivity index (χ3n) is 3.92. The topological polar surface area (TPSA) is 44.4 Å². The van der Waals surface area contributed by atoms with Crippen molar-refractivity contribution in [2.75, 3.05) is 33.7 Å². The molecular formula is C14H29N3O. The second-order valence-corrected chi connectivity index (χ2v) is 6.20. The van der Waals surface area contributed by atoms with Crippen molar-refractivity contribution in [3.8, 4) is 0 Å². The normalized spacial score (nSPS) is 19.7. The summed E-state index contributed by atoms with van der Waals surface area (Å²) in [6.07, 6.45) is 1.12. The first-order chi connectivity index (χ1) is 8.41. The van der Waals surface area contributed by atoms with E-state index in [2.05, 4.69) is 43.5 Å². The van der Waals surface area contributed by atoms with E-state index in [4.69, 9.17) is 0 Å². The van der Waals surface area contributed by atoms with E-state index in [1.807, 2.05) is 6.92 Å². The molecule has 2 atom stereocenters.